The molecule has 3 aromatic rings. The zero-order valence-electron chi connectivity index (χ0n) is 17.3. The molecule has 2 N–H and O–H groups in total. The van der Waals surface area contributed by atoms with Crippen LogP contribution in [0.25, 0.3) is 0 Å². The predicted molar refractivity (Wildman–Crippen MR) is 118 cm³/mol. The second-order valence-electron chi connectivity index (χ2n) is 7.11. The van der Waals surface area contributed by atoms with Gasteiger partial charge in [0.15, 0.2) is 6.61 Å². The van der Waals surface area contributed by atoms with E-state index < -0.39 is 40.9 Å². The van der Waals surface area contributed by atoms with Crippen molar-refractivity contribution in [1.29, 1.82) is 0 Å². The number of aliphatic carboxylic acids is 1. The summed E-state index contributed by atoms with van der Waals surface area (Å²) in [6.07, 6.45) is 0. The fourth-order valence-electron chi connectivity index (χ4n) is 3.42. The van der Waals surface area contributed by atoms with E-state index in [0.717, 1.165) is 11.0 Å². The average molecular weight is 461 g/mol. The zero-order valence-corrected chi connectivity index (χ0v) is 17.3. The van der Waals surface area contributed by atoms with Crippen molar-refractivity contribution in [2.45, 2.75) is 0 Å². The molecule has 0 saturated heterocycles. The van der Waals surface area contributed by atoms with Crippen LogP contribution in [0.15, 0.2) is 66.7 Å². The number of nitrogens with zero attached hydrogens (tertiary/aromatic N) is 2. The van der Waals surface area contributed by atoms with Crippen molar-refractivity contribution in [3.8, 4) is 5.75 Å². The van der Waals surface area contributed by atoms with E-state index in [-0.39, 0.29) is 22.4 Å². The summed E-state index contributed by atoms with van der Waals surface area (Å²) < 4.78 is 5.03. The minimum Gasteiger partial charge on any atom is -0.482 e. The van der Waals surface area contributed by atoms with Gasteiger partial charge in [0.25, 0.3) is 23.4 Å². The van der Waals surface area contributed by atoms with Gasteiger partial charge in [-0.25, -0.2) is 9.69 Å². The molecule has 1 aliphatic rings. The molecule has 0 fully saturated rings. The van der Waals surface area contributed by atoms with Gasteiger partial charge < -0.3 is 15.2 Å². The molecule has 34 heavy (non-hydrogen) atoms. The Labute approximate surface area is 191 Å². The van der Waals surface area contributed by atoms with Crippen LogP contribution in [0.5, 0.6) is 5.75 Å². The van der Waals surface area contributed by atoms with E-state index in [4.69, 9.17) is 9.84 Å². The van der Waals surface area contributed by atoms with Gasteiger partial charge in [-0.2, -0.15) is 0 Å². The monoisotopic (exact) mass is 461 g/mol. The first-order valence-corrected chi connectivity index (χ1v) is 9.78. The first-order chi connectivity index (χ1) is 16.3. The van der Waals surface area contributed by atoms with Gasteiger partial charge in [0.05, 0.1) is 16.2 Å². The maximum absolute atomic E-state index is 12.9. The van der Waals surface area contributed by atoms with Crippen LogP contribution in [-0.4, -0.2) is 40.3 Å². The van der Waals surface area contributed by atoms with Gasteiger partial charge in [-0.3, -0.25) is 24.5 Å². The summed E-state index contributed by atoms with van der Waals surface area (Å²) in [6, 6.07) is 15.5. The third-order valence-corrected chi connectivity index (χ3v) is 4.93. The van der Waals surface area contributed by atoms with E-state index in [0.29, 0.717) is 11.4 Å². The maximum atomic E-state index is 12.9. The number of carboxylic acids is 1. The quantitative estimate of drug-likeness (QED) is 0.309. The number of imide groups is 1. The lowest BCUT2D eigenvalue weighted by Crippen LogP contribution is -2.29. The highest BCUT2D eigenvalue weighted by atomic mass is 16.6. The van der Waals surface area contributed by atoms with Crippen LogP contribution in [0.2, 0.25) is 0 Å². The minimum absolute atomic E-state index is 0.0840. The smallest absolute Gasteiger partial charge is 0.341 e. The molecule has 0 aliphatic carbocycles. The SMILES string of the molecule is O=C(O)COc1ccc(NC(=O)c2cccc(N3C(=O)c4cccc([N+](=O)[O-])c4C3=O)c2)cc1. The third kappa shape index (κ3) is 4.17. The highest BCUT2D eigenvalue weighted by Gasteiger charge is 2.41. The van der Waals surface area contributed by atoms with Crippen LogP contribution >= 0.6 is 0 Å². The summed E-state index contributed by atoms with van der Waals surface area (Å²) in [6.45, 7) is -0.501. The molecule has 4 rings (SSSR count). The van der Waals surface area contributed by atoms with Gasteiger partial charge in [0, 0.05) is 17.3 Å². The first-order valence-electron chi connectivity index (χ1n) is 9.78. The van der Waals surface area contributed by atoms with Gasteiger partial charge in [0.2, 0.25) is 0 Å². The topological polar surface area (TPSA) is 156 Å². The number of carboxylic acid groups (broad SMARTS) is 1. The summed E-state index contributed by atoms with van der Waals surface area (Å²) in [5.74, 6) is -2.92. The largest absolute Gasteiger partial charge is 0.482 e. The molecule has 0 aromatic heterocycles. The molecule has 1 heterocycles. The molecular weight excluding hydrogens is 446 g/mol. The van der Waals surface area contributed by atoms with E-state index in [2.05, 4.69) is 5.32 Å². The van der Waals surface area contributed by atoms with Crippen LogP contribution in [0, 0.1) is 10.1 Å². The lowest BCUT2D eigenvalue weighted by molar-refractivity contribution is -0.385. The van der Waals surface area contributed by atoms with Crippen molar-refractivity contribution in [3.05, 3.63) is 93.5 Å². The minimum atomic E-state index is -1.12. The second kappa shape index (κ2) is 8.82. The Balaban J connectivity index is 1.54. The van der Waals surface area contributed by atoms with Crippen LogP contribution < -0.4 is 15.0 Å². The van der Waals surface area contributed by atoms with Crippen LogP contribution in [-0.2, 0) is 4.79 Å². The molecule has 11 nitrogen and oxygen atoms in total. The lowest BCUT2D eigenvalue weighted by atomic mass is 10.1. The number of nitrogens with one attached hydrogen (secondary N) is 1. The fourth-order valence-corrected chi connectivity index (χ4v) is 3.42. The van der Waals surface area contributed by atoms with Gasteiger partial charge in [0.1, 0.15) is 11.3 Å². The standard InChI is InChI=1S/C23H15N3O8/c27-19(28)12-34-16-9-7-14(8-10-16)24-21(29)13-3-1-4-15(11-13)25-22(30)17-5-2-6-18(26(32)33)20(17)23(25)31/h1-11H,12H2,(H,24,29)(H,27,28). The number of amides is 3. The Morgan fingerprint density at radius 1 is 1.00 bits per heavy atom. The van der Waals surface area contributed by atoms with Crippen LogP contribution in [0.1, 0.15) is 31.1 Å². The number of nitro groups is 1. The van der Waals surface area contributed by atoms with Crippen molar-refractivity contribution < 1.29 is 33.9 Å². The highest BCUT2D eigenvalue weighted by molar-refractivity contribution is 6.35. The number of ether oxygens (including phenoxy) is 1. The number of hydrogen-bond donors (Lipinski definition) is 2. The number of benzene rings is 3. The van der Waals surface area contributed by atoms with Crippen molar-refractivity contribution in [3.63, 3.8) is 0 Å². The Morgan fingerprint density at radius 2 is 1.71 bits per heavy atom. The fraction of sp³-hybridized carbons (Fsp3) is 0.0435. The number of carbonyl (C=O) groups is 4. The van der Waals surface area contributed by atoms with E-state index >= 15 is 0 Å². The normalized spacial score (nSPS) is 12.3. The predicted octanol–water partition coefficient (Wildman–Crippen LogP) is 3.11. The molecule has 0 spiro atoms. The molecule has 0 unspecified atom stereocenters. The maximum Gasteiger partial charge on any atom is 0.341 e. The van der Waals surface area contributed by atoms with Crippen LogP contribution in [0.4, 0.5) is 17.1 Å². The van der Waals surface area contributed by atoms with E-state index in [1.54, 1.807) is 0 Å². The molecule has 3 amide bonds. The van der Waals surface area contributed by atoms with Gasteiger partial charge in [-0.1, -0.05) is 12.1 Å². The van der Waals surface area contributed by atoms with Gasteiger partial charge in [-0.15, -0.1) is 0 Å². The summed E-state index contributed by atoms with van der Waals surface area (Å²) >= 11 is 0. The molecule has 3 aromatic carbocycles. The molecule has 11 heteroatoms. The number of fused-ring (bicyclic) bond motifs is 1. The van der Waals surface area contributed by atoms with Crippen molar-refractivity contribution in [2.75, 3.05) is 16.8 Å². The summed E-state index contributed by atoms with van der Waals surface area (Å²) in [5.41, 5.74) is -0.227. The second-order valence-corrected chi connectivity index (χ2v) is 7.11. The Kier molecular flexibility index (Phi) is 5.75. The summed E-state index contributed by atoms with van der Waals surface area (Å²) in [5, 5.41) is 22.6. The average Bonchev–Trinajstić information content (AvgIpc) is 3.08. The molecule has 0 atom stereocenters. The molecule has 0 saturated carbocycles. The molecular formula is C23H15N3O8. The summed E-state index contributed by atoms with van der Waals surface area (Å²) in [4.78, 5) is 60.3. The van der Waals surface area contributed by atoms with Crippen molar-refractivity contribution >= 4 is 40.8 Å². The van der Waals surface area contributed by atoms with E-state index in [1.807, 2.05) is 0 Å². The molecule has 0 radical (unpaired) electrons. The van der Waals surface area contributed by atoms with Crippen molar-refractivity contribution in [1.82, 2.24) is 0 Å². The highest BCUT2D eigenvalue weighted by Crippen LogP contribution is 2.34. The Morgan fingerprint density at radius 3 is 2.38 bits per heavy atom. The summed E-state index contributed by atoms with van der Waals surface area (Å²) in [7, 11) is 0. The molecule has 170 valence electrons. The number of hydrogen-bond acceptors (Lipinski definition) is 7. The number of carbonyl (C=O) groups excluding carboxylic acids is 3. The van der Waals surface area contributed by atoms with Gasteiger partial charge >= 0.3 is 5.97 Å². The first kappa shape index (κ1) is 22.1. The van der Waals surface area contributed by atoms with E-state index in [9.17, 15) is 29.3 Å². The van der Waals surface area contributed by atoms with Crippen LogP contribution in [0.3, 0.4) is 0 Å². The van der Waals surface area contributed by atoms with Crippen molar-refractivity contribution in [2.24, 2.45) is 0 Å². The number of rotatable bonds is 7. The zero-order chi connectivity index (χ0) is 24.4. The molecule has 1 aliphatic heterocycles. The molecule has 0 bridgehead atoms. The number of anilines is 2. The Hall–Kier alpha value is -5.06. The van der Waals surface area contributed by atoms with E-state index in [1.165, 1.54) is 60.7 Å². The Bertz CT molecular complexity index is 1350. The number of nitro benzene ring substituents is 1. The lowest BCUT2D eigenvalue weighted by Gasteiger charge is -2.15. The van der Waals surface area contributed by atoms with Gasteiger partial charge in [-0.05, 0) is 48.5 Å². The third-order valence-electron chi connectivity index (χ3n) is 4.93.